The average molecular weight is 338 g/mol. The normalized spacial score (nSPS) is 11.5. The molecule has 0 unspecified atom stereocenters. The summed E-state index contributed by atoms with van der Waals surface area (Å²) in [6.45, 7) is 6.86. The maximum absolute atomic E-state index is 11.6. The Hall–Kier alpha value is -2.96. The van der Waals surface area contributed by atoms with Crippen LogP contribution in [-0.2, 0) is 12.0 Å². The smallest absolute Gasteiger partial charge is 0.251 e. The molecule has 3 rings (SSSR count). The summed E-state index contributed by atoms with van der Waals surface area (Å²) in [6.07, 6.45) is 0. The number of nitrogens with zero attached hydrogens (tertiary/aromatic N) is 4. The van der Waals surface area contributed by atoms with E-state index >= 15 is 0 Å². The minimum atomic E-state index is -0.138. The number of fused-ring (bicyclic) bond motifs is 1. The summed E-state index contributed by atoms with van der Waals surface area (Å²) < 4.78 is 1.77. The van der Waals surface area contributed by atoms with E-state index < -0.39 is 0 Å². The fraction of sp³-hybridized carbons (Fsp3) is 0.333. The first-order valence-corrected chi connectivity index (χ1v) is 8.16. The number of carbonyl (C=O) groups is 1. The van der Waals surface area contributed by atoms with E-state index in [2.05, 4.69) is 46.7 Å². The van der Waals surface area contributed by atoms with Gasteiger partial charge in [-0.25, -0.2) is 0 Å². The highest BCUT2D eigenvalue weighted by atomic mass is 16.1. The third-order valence-corrected chi connectivity index (χ3v) is 3.85. The summed E-state index contributed by atoms with van der Waals surface area (Å²) in [4.78, 5) is 11.6. The van der Waals surface area contributed by atoms with Crippen LogP contribution < -0.4 is 10.6 Å². The van der Waals surface area contributed by atoms with Crippen LogP contribution in [0.5, 0.6) is 0 Å². The van der Waals surface area contributed by atoms with Crippen LogP contribution in [-0.4, -0.2) is 32.8 Å². The Morgan fingerprint density at radius 1 is 1.08 bits per heavy atom. The van der Waals surface area contributed by atoms with Crippen molar-refractivity contribution < 1.29 is 4.79 Å². The van der Waals surface area contributed by atoms with Gasteiger partial charge in [0, 0.05) is 24.6 Å². The highest BCUT2D eigenvalue weighted by Crippen LogP contribution is 2.20. The molecular formula is C18H22N6O. The minimum Gasteiger partial charge on any atom is -0.365 e. The number of anilines is 1. The third kappa shape index (κ3) is 3.60. The molecule has 0 aliphatic heterocycles. The Labute approximate surface area is 146 Å². The van der Waals surface area contributed by atoms with Gasteiger partial charge in [-0.15, -0.1) is 15.3 Å². The quantitative estimate of drug-likeness (QED) is 0.763. The Morgan fingerprint density at radius 2 is 1.80 bits per heavy atom. The lowest BCUT2D eigenvalue weighted by Crippen LogP contribution is -2.18. The number of aromatic nitrogens is 4. The second kappa shape index (κ2) is 6.51. The van der Waals surface area contributed by atoms with E-state index in [0.717, 1.165) is 22.9 Å². The molecule has 130 valence electrons. The lowest BCUT2D eigenvalue weighted by Gasteiger charge is -2.15. The van der Waals surface area contributed by atoms with Gasteiger partial charge in [-0.1, -0.05) is 32.9 Å². The molecule has 0 saturated carbocycles. The van der Waals surface area contributed by atoms with Crippen LogP contribution in [0.1, 0.15) is 42.5 Å². The van der Waals surface area contributed by atoms with Crippen molar-refractivity contribution in [1.29, 1.82) is 0 Å². The van der Waals surface area contributed by atoms with Crippen LogP contribution in [0.2, 0.25) is 0 Å². The van der Waals surface area contributed by atoms with Gasteiger partial charge in [0.25, 0.3) is 5.91 Å². The van der Waals surface area contributed by atoms with Crippen LogP contribution in [0.3, 0.4) is 0 Å². The molecule has 7 nitrogen and oxygen atoms in total. The highest BCUT2D eigenvalue weighted by Gasteiger charge is 2.21. The van der Waals surface area contributed by atoms with Crippen molar-refractivity contribution in [3.05, 3.63) is 53.3 Å². The molecule has 25 heavy (non-hydrogen) atoms. The topological polar surface area (TPSA) is 84.2 Å². The zero-order chi connectivity index (χ0) is 18.0. The highest BCUT2D eigenvalue weighted by molar-refractivity contribution is 5.93. The van der Waals surface area contributed by atoms with Crippen LogP contribution in [0.15, 0.2) is 36.4 Å². The molecule has 1 amide bonds. The molecule has 0 aliphatic carbocycles. The largest absolute Gasteiger partial charge is 0.365 e. The number of benzene rings is 1. The van der Waals surface area contributed by atoms with Gasteiger partial charge in [0.2, 0.25) is 0 Å². The number of hydrogen-bond acceptors (Lipinski definition) is 5. The fourth-order valence-electron chi connectivity index (χ4n) is 2.46. The predicted molar refractivity (Wildman–Crippen MR) is 96.6 cm³/mol. The van der Waals surface area contributed by atoms with Crippen molar-refractivity contribution in [2.24, 2.45) is 0 Å². The molecule has 2 N–H and O–H groups in total. The Bertz CT molecular complexity index is 892. The van der Waals surface area contributed by atoms with Gasteiger partial charge in [-0.05, 0) is 29.8 Å². The first-order valence-electron chi connectivity index (χ1n) is 8.16. The molecule has 2 aromatic heterocycles. The summed E-state index contributed by atoms with van der Waals surface area (Å²) in [6, 6.07) is 11.3. The van der Waals surface area contributed by atoms with Gasteiger partial charge < -0.3 is 10.6 Å². The monoisotopic (exact) mass is 338 g/mol. The van der Waals surface area contributed by atoms with E-state index in [4.69, 9.17) is 0 Å². The molecule has 3 aromatic rings. The zero-order valence-corrected chi connectivity index (χ0v) is 14.9. The number of amides is 1. The van der Waals surface area contributed by atoms with E-state index in [1.54, 1.807) is 11.6 Å². The van der Waals surface area contributed by atoms with Gasteiger partial charge in [0.1, 0.15) is 5.82 Å². The first kappa shape index (κ1) is 16.9. The number of nitrogens with one attached hydrogen (secondary N) is 2. The second-order valence-corrected chi connectivity index (χ2v) is 6.89. The van der Waals surface area contributed by atoms with Crippen molar-refractivity contribution >= 4 is 17.4 Å². The summed E-state index contributed by atoms with van der Waals surface area (Å²) in [5, 5.41) is 18.9. The minimum absolute atomic E-state index is 0.0889. The molecule has 0 spiro atoms. The predicted octanol–water partition coefficient (Wildman–Crippen LogP) is 2.39. The third-order valence-electron chi connectivity index (χ3n) is 3.85. The Balaban J connectivity index is 1.76. The number of hydrogen-bond donors (Lipinski definition) is 2. The van der Waals surface area contributed by atoms with Crippen molar-refractivity contribution in [3.63, 3.8) is 0 Å². The maximum Gasteiger partial charge on any atom is 0.251 e. The van der Waals surface area contributed by atoms with Crippen LogP contribution in [0.25, 0.3) is 5.65 Å². The molecular weight excluding hydrogens is 316 g/mol. The van der Waals surface area contributed by atoms with E-state index in [0.29, 0.717) is 12.1 Å². The maximum atomic E-state index is 11.6. The van der Waals surface area contributed by atoms with E-state index in [1.807, 2.05) is 36.4 Å². The van der Waals surface area contributed by atoms with E-state index in [-0.39, 0.29) is 11.3 Å². The molecule has 0 atom stereocenters. The zero-order valence-electron chi connectivity index (χ0n) is 14.9. The molecule has 2 heterocycles. The molecule has 1 aromatic carbocycles. The molecule has 0 bridgehead atoms. The van der Waals surface area contributed by atoms with Crippen LogP contribution >= 0.6 is 0 Å². The molecule has 0 fully saturated rings. The molecule has 0 aliphatic rings. The van der Waals surface area contributed by atoms with Gasteiger partial charge in [-0.2, -0.15) is 4.52 Å². The average Bonchev–Trinajstić information content (AvgIpc) is 3.03. The Kier molecular flexibility index (Phi) is 4.39. The summed E-state index contributed by atoms with van der Waals surface area (Å²) >= 11 is 0. The van der Waals surface area contributed by atoms with Crippen LogP contribution in [0, 0.1) is 0 Å². The second-order valence-electron chi connectivity index (χ2n) is 6.89. The molecule has 0 saturated heterocycles. The van der Waals surface area contributed by atoms with Gasteiger partial charge in [0.15, 0.2) is 11.5 Å². The fourth-order valence-corrected chi connectivity index (χ4v) is 2.46. The van der Waals surface area contributed by atoms with Gasteiger partial charge in [0.05, 0.1) is 0 Å². The van der Waals surface area contributed by atoms with Crippen molar-refractivity contribution in [2.75, 3.05) is 12.4 Å². The number of rotatable bonds is 4. The summed E-state index contributed by atoms with van der Waals surface area (Å²) in [5.41, 5.74) is 2.30. The van der Waals surface area contributed by atoms with Crippen molar-refractivity contribution in [1.82, 2.24) is 25.1 Å². The van der Waals surface area contributed by atoms with E-state index in [1.165, 1.54) is 0 Å². The molecule has 0 radical (unpaired) electrons. The summed E-state index contributed by atoms with van der Waals surface area (Å²) in [5.74, 6) is 1.48. The summed E-state index contributed by atoms with van der Waals surface area (Å²) in [7, 11) is 1.62. The van der Waals surface area contributed by atoms with Crippen LogP contribution in [0.4, 0.5) is 5.82 Å². The Morgan fingerprint density at radius 3 is 2.44 bits per heavy atom. The number of carbonyl (C=O) groups excluding carboxylic acids is 1. The van der Waals surface area contributed by atoms with Gasteiger partial charge in [-0.3, -0.25) is 4.79 Å². The van der Waals surface area contributed by atoms with E-state index in [9.17, 15) is 4.79 Å². The first-order chi connectivity index (χ1) is 11.9. The standard InChI is InChI=1S/C18H22N6O/c1-18(2,3)17-22-21-15-10-9-14(23-24(15)17)20-11-12-5-7-13(8-6-12)16(25)19-4/h5-10H,11H2,1-4H3,(H,19,25)(H,20,23). The molecule has 7 heteroatoms. The van der Waals surface area contributed by atoms with Crippen molar-refractivity contribution in [2.45, 2.75) is 32.7 Å². The van der Waals surface area contributed by atoms with Gasteiger partial charge >= 0.3 is 0 Å². The lowest BCUT2D eigenvalue weighted by atomic mass is 9.96. The lowest BCUT2D eigenvalue weighted by molar-refractivity contribution is 0.0963. The van der Waals surface area contributed by atoms with Crippen molar-refractivity contribution in [3.8, 4) is 0 Å². The SMILES string of the molecule is CNC(=O)c1ccc(CNc2ccc3nnc(C(C)(C)C)n3n2)cc1.